The van der Waals surface area contributed by atoms with Crippen LogP contribution in [0.2, 0.25) is 0 Å². The number of nitrogens with one attached hydrogen (secondary N) is 1. The fourth-order valence-electron chi connectivity index (χ4n) is 2.28. The number of halogens is 1. The highest BCUT2D eigenvalue weighted by atomic mass is 19.1. The van der Waals surface area contributed by atoms with Crippen molar-refractivity contribution in [2.45, 2.75) is 32.3 Å². The van der Waals surface area contributed by atoms with Crippen LogP contribution in [0.3, 0.4) is 0 Å². The van der Waals surface area contributed by atoms with Crippen molar-refractivity contribution in [3.8, 4) is 5.75 Å². The van der Waals surface area contributed by atoms with Gasteiger partial charge in [-0.2, -0.15) is 0 Å². The highest BCUT2D eigenvalue weighted by Gasteiger charge is 2.31. The molecule has 1 aromatic rings. The number of aliphatic hydroxyl groups excluding tert-OH is 1. The van der Waals surface area contributed by atoms with E-state index in [-0.39, 0.29) is 12.4 Å². The van der Waals surface area contributed by atoms with E-state index in [4.69, 9.17) is 4.74 Å². The molecule has 1 saturated carbocycles. The number of aliphatic hydroxyl groups is 1. The van der Waals surface area contributed by atoms with Crippen molar-refractivity contribution in [2.75, 3.05) is 19.7 Å². The number of ether oxygens (including phenoxy) is 1. The molecule has 1 unspecified atom stereocenters. The zero-order valence-corrected chi connectivity index (χ0v) is 11.4. The lowest BCUT2D eigenvalue weighted by Crippen LogP contribution is -2.41. The minimum atomic E-state index is -0.547. The maximum Gasteiger partial charge on any atom is 0.123 e. The average Bonchev–Trinajstić information content (AvgIpc) is 2.36. The summed E-state index contributed by atoms with van der Waals surface area (Å²) >= 11 is 0. The van der Waals surface area contributed by atoms with Crippen LogP contribution in [0.1, 0.15) is 26.2 Å². The Morgan fingerprint density at radius 3 is 2.63 bits per heavy atom. The summed E-state index contributed by atoms with van der Waals surface area (Å²) in [6, 6.07) is 5.81. The topological polar surface area (TPSA) is 41.5 Å². The Morgan fingerprint density at radius 2 is 2.05 bits per heavy atom. The molecule has 3 nitrogen and oxygen atoms in total. The van der Waals surface area contributed by atoms with Gasteiger partial charge in [0.05, 0.1) is 0 Å². The van der Waals surface area contributed by atoms with E-state index in [2.05, 4.69) is 12.2 Å². The molecule has 1 aliphatic rings. The molecule has 1 atom stereocenters. The number of benzene rings is 1. The molecule has 0 spiro atoms. The zero-order chi connectivity index (χ0) is 13.7. The summed E-state index contributed by atoms with van der Waals surface area (Å²) < 4.78 is 18.1. The minimum Gasteiger partial charge on any atom is -0.491 e. The van der Waals surface area contributed by atoms with Gasteiger partial charge in [-0.25, -0.2) is 4.39 Å². The van der Waals surface area contributed by atoms with Crippen LogP contribution in [0.25, 0.3) is 0 Å². The van der Waals surface area contributed by atoms with Gasteiger partial charge in [-0.05, 0) is 42.5 Å². The van der Waals surface area contributed by atoms with Gasteiger partial charge in [0, 0.05) is 13.1 Å². The monoisotopic (exact) mass is 267 g/mol. The van der Waals surface area contributed by atoms with Gasteiger partial charge >= 0.3 is 0 Å². The first-order valence-corrected chi connectivity index (χ1v) is 6.85. The Morgan fingerprint density at radius 1 is 1.37 bits per heavy atom. The minimum absolute atomic E-state index is 0.218. The first-order valence-electron chi connectivity index (χ1n) is 6.85. The Labute approximate surface area is 113 Å². The number of hydrogen-bond donors (Lipinski definition) is 2. The Kier molecular flexibility index (Phi) is 4.77. The maximum atomic E-state index is 12.7. The standard InChI is InChI=1S/C15H22FNO2/c1-15(7-2-8-15)11-17-9-13(18)10-19-14-5-3-12(16)4-6-14/h3-6,13,17-18H,2,7-11H2,1H3. The Hall–Kier alpha value is -1.13. The van der Waals surface area contributed by atoms with Gasteiger partial charge < -0.3 is 15.2 Å². The van der Waals surface area contributed by atoms with Gasteiger partial charge in [0.1, 0.15) is 24.3 Å². The van der Waals surface area contributed by atoms with E-state index in [1.165, 1.54) is 31.4 Å². The molecule has 106 valence electrons. The van der Waals surface area contributed by atoms with E-state index < -0.39 is 6.10 Å². The molecule has 0 amide bonds. The van der Waals surface area contributed by atoms with E-state index >= 15 is 0 Å². The van der Waals surface area contributed by atoms with Crippen molar-refractivity contribution in [3.05, 3.63) is 30.1 Å². The molecule has 0 aromatic heterocycles. The van der Waals surface area contributed by atoms with Crippen LogP contribution >= 0.6 is 0 Å². The average molecular weight is 267 g/mol. The fraction of sp³-hybridized carbons (Fsp3) is 0.600. The maximum absolute atomic E-state index is 12.7. The number of rotatable bonds is 7. The summed E-state index contributed by atoms with van der Waals surface area (Å²) in [5.74, 6) is 0.287. The second-order valence-electron chi connectivity index (χ2n) is 5.71. The third kappa shape index (κ3) is 4.48. The smallest absolute Gasteiger partial charge is 0.123 e. The van der Waals surface area contributed by atoms with E-state index in [0.717, 1.165) is 6.54 Å². The van der Waals surface area contributed by atoms with Gasteiger partial charge in [0.15, 0.2) is 0 Å². The van der Waals surface area contributed by atoms with E-state index in [9.17, 15) is 9.50 Å². The summed E-state index contributed by atoms with van der Waals surface area (Å²) in [6.45, 7) is 3.96. The highest BCUT2D eigenvalue weighted by molar-refractivity contribution is 5.22. The zero-order valence-electron chi connectivity index (χ0n) is 11.4. The lowest BCUT2D eigenvalue weighted by Gasteiger charge is -2.38. The third-order valence-corrected chi connectivity index (χ3v) is 3.75. The molecule has 2 N–H and O–H groups in total. The summed E-state index contributed by atoms with van der Waals surface area (Å²) in [4.78, 5) is 0. The lowest BCUT2D eigenvalue weighted by atomic mass is 9.70. The summed E-state index contributed by atoms with van der Waals surface area (Å²) in [7, 11) is 0. The van der Waals surface area contributed by atoms with Crippen LogP contribution < -0.4 is 10.1 Å². The number of hydrogen-bond acceptors (Lipinski definition) is 3. The molecule has 19 heavy (non-hydrogen) atoms. The summed E-state index contributed by atoms with van der Waals surface area (Å²) in [5.41, 5.74) is 0.414. The van der Waals surface area contributed by atoms with Gasteiger partial charge in [-0.1, -0.05) is 13.3 Å². The van der Waals surface area contributed by atoms with Crippen molar-refractivity contribution in [1.82, 2.24) is 5.32 Å². The molecule has 1 fully saturated rings. The van der Waals surface area contributed by atoms with Gasteiger partial charge in [0.25, 0.3) is 0 Å². The van der Waals surface area contributed by atoms with Crippen LogP contribution in [-0.4, -0.2) is 30.9 Å². The van der Waals surface area contributed by atoms with E-state index in [1.807, 2.05) is 0 Å². The second kappa shape index (κ2) is 6.35. The predicted molar refractivity (Wildman–Crippen MR) is 72.7 cm³/mol. The van der Waals surface area contributed by atoms with Crippen molar-refractivity contribution < 1.29 is 14.2 Å². The lowest BCUT2D eigenvalue weighted by molar-refractivity contribution is 0.0946. The van der Waals surface area contributed by atoms with Crippen LogP contribution in [0.5, 0.6) is 5.75 Å². The summed E-state index contributed by atoms with van der Waals surface area (Å²) in [6.07, 6.45) is 3.30. The first kappa shape index (κ1) is 14.3. The summed E-state index contributed by atoms with van der Waals surface area (Å²) in [5, 5.41) is 13.1. The second-order valence-corrected chi connectivity index (χ2v) is 5.71. The van der Waals surface area contributed by atoms with Crippen LogP contribution in [0.4, 0.5) is 4.39 Å². The molecule has 0 aliphatic heterocycles. The van der Waals surface area contributed by atoms with Gasteiger partial charge in [-0.3, -0.25) is 0 Å². The van der Waals surface area contributed by atoms with Crippen molar-refractivity contribution in [3.63, 3.8) is 0 Å². The van der Waals surface area contributed by atoms with Crippen molar-refractivity contribution >= 4 is 0 Å². The van der Waals surface area contributed by atoms with Crippen molar-refractivity contribution in [2.24, 2.45) is 5.41 Å². The Balaban J connectivity index is 1.61. The molecular weight excluding hydrogens is 245 g/mol. The highest BCUT2D eigenvalue weighted by Crippen LogP contribution is 2.39. The molecular formula is C15H22FNO2. The normalized spacial score (nSPS) is 18.7. The van der Waals surface area contributed by atoms with Crippen molar-refractivity contribution in [1.29, 1.82) is 0 Å². The van der Waals surface area contributed by atoms with Crippen LogP contribution in [0, 0.1) is 11.2 Å². The van der Waals surface area contributed by atoms with E-state index in [1.54, 1.807) is 12.1 Å². The molecule has 1 aliphatic carbocycles. The first-order chi connectivity index (χ1) is 9.07. The van der Waals surface area contributed by atoms with Crippen LogP contribution in [0.15, 0.2) is 24.3 Å². The molecule has 4 heteroatoms. The SMILES string of the molecule is CC1(CNCC(O)COc2ccc(F)cc2)CCC1. The Bertz CT molecular complexity index is 390. The molecule has 0 bridgehead atoms. The van der Waals surface area contributed by atoms with Gasteiger partial charge in [0.2, 0.25) is 0 Å². The molecule has 1 aromatic carbocycles. The van der Waals surface area contributed by atoms with Crippen LogP contribution in [-0.2, 0) is 0 Å². The quantitative estimate of drug-likeness (QED) is 0.797. The third-order valence-electron chi connectivity index (χ3n) is 3.75. The molecule has 0 radical (unpaired) electrons. The van der Waals surface area contributed by atoms with E-state index in [0.29, 0.717) is 17.7 Å². The molecule has 2 rings (SSSR count). The van der Waals surface area contributed by atoms with Gasteiger partial charge in [-0.15, -0.1) is 0 Å². The molecule has 0 heterocycles. The fourth-order valence-corrected chi connectivity index (χ4v) is 2.28. The largest absolute Gasteiger partial charge is 0.491 e. The predicted octanol–water partition coefficient (Wildman–Crippen LogP) is 2.35. The molecule has 0 saturated heterocycles.